The monoisotopic (exact) mass is 273 g/mol. The molecule has 1 N–H and O–H groups in total. The van der Waals surface area contributed by atoms with Crippen molar-refractivity contribution >= 4 is 12.4 Å². The molecule has 0 radical (unpaired) electrons. The fraction of sp³-hybridized carbons (Fsp3) is 0.167. The topological polar surface area (TPSA) is 55.4 Å². The molecule has 1 amide bonds. The summed E-state index contributed by atoms with van der Waals surface area (Å²) in [7, 11) is 1.12. The van der Waals surface area contributed by atoms with Gasteiger partial charge in [-0.15, -0.1) is 0 Å². The molecule has 7 heteroatoms. The van der Waals surface area contributed by atoms with Gasteiger partial charge in [-0.3, -0.25) is 4.79 Å². The van der Waals surface area contributed by atoms with Crippen molar-refractivity contribution in [3.63, 3.8) is 0 Å². The summed E-state index contributed by atoms with van der Waals surface area (Å²) in [6.07, 6.45) is 0.887. The zero-order chi connectivity index (χ0) is 14.4. The molecule has 19 heavy (non-hydrogen) atoms. The number of carbonyl (C=O) groups is 2. The van der Waals surface area contributed by atoms with Gasteiger partial charge in [0.1, 0.15) is 5.82 Å². The maximum absolute atomic E-state index is 13.4. The second-order valence-electron chi connectivity index (χ2n) is 3.49. The predicted molar refractivity (Wildman–Crippen MR) is 59.3 cm³/mol. The number of hydrogen-bond donors (Lipinski definition) is 1. The zero-order valence-corrected chi connectivity index (χ0v) is 9.88. The van der Waals surface area contributed by atoms with Crippen molar-refractivity contribution in [2.45, 2.75) is 6.42 Å². The van der Waals surface area contributed by atoms with Crippen LogP contribution in [0.3, 0.4) is 0 Å². The van der Waals surface area contributed by atoms with Gasteiger partial charge in [-0.1, -0.05) is 0 Å². The van der Waals surface area contributed by atoms with Gasteiger partial charge in [0.2, 0.25) is 6.41 Å². The van der Waals surface area contributed by atoms with E-state index in [4.69, 9.17) is 0 Å². The number of rotatable bonds is 5. The standard InChI is InChI=1S/C12H10F3NO3/c1-19-12(18)4-8(16-6-17)2-7-3-10(14)11(15)5-9(7)13/h3-6H,2H2,1H3,(H,16,17)/b8-4-. The Morgan fingerprint density at radius 2 is 1.89 bits per heavy atom. The number of allylic oxidation sites excluding steroid dienone is 1. The molecular weight excluding hydrogens is 263 g/mol. The Hall–Kier alpha value is -2.31. The first-order valence-corrected chi connectivity index (χ1v) is 5.10. The summed E-state index contributed by atoms with van der Waals surface area (Å²) in [6, 6.07) is 1.05. The first kappa shape index (κ1) is 14.7. The van der Waals surface area contributed by atoms with E-state index in [2.05, 4.69) is 10.1 Å². The van der Waals surface area contributed by atoms with Gasteiger partial charge >= 0.3 is 5.97 Å². The van der Waals surface area contributed by atoms with Crippen LogP contribution >= 0.6 is 0 Å². The maximum Gasteiger partial charge on any atom is 0.332 e. The van der Waals surface area contributed by atoms with Crippen LogP contribution in [0.15, 0.2) is 23.9 Å². The molecule has 0 aliphatic rings. The highest BCUT2D eigenvalue weighted by Gasteiger charge is 2.12. The second kappa shape index (κ2) is 6.58. The normalized spacial score (nSPS) is 11.1. The third-order valence-electron chi connectivity index (χ3n) is 2.21. The van der Waals surface area contributed by atoms with Crippen molar-refractivity contribution in [3.8, 4) is 0 Å². The van der Waals surface area contributed by atoms with Crippen LogP contribution in [-0.2, 0) is 20.7 Å². The number of methoxy groups -OCH3 is 1. The molecule has 0 saturated heterocycles. The van der Waals surface area contributed by atoms with Crippen LogP contribution in [0.25, 0.3) is 0 Å². The van der Waals surface area contributed by atoms with Gasteiger partial charge in [-0.25, -0.2) is 18.0 Å². The van der Waals surface area contributed by atoms with Crippen molar-refractivity contribution in [1.82, 2.24) is 5.32 Å². The number of esters is 1. The molecule has 0 heterocycles. The Morgan fingerprint density at radius 1 is 1.26 bits per heavy atom. The molecule has 0 aromatic heterocycles. The molecule has 102 valence electrons. The van der Waals surface area contributed by atoms with E-state index in [0.29, 0.717) is 12.1 Å². The highest BCUT2D eigenvalue weighted by Crippen LogP contribution is 2.16. The van der Waals surface area contributed by atoms with Gasteiger partial charge in [0.05, 0.1) is 7.11 Å². The van der Waals surface area contributed by atoms with Crippen molar-refractivity contribution in [1.29, 1.82) is 0 Å². The number of ether oxygens (including phenoxy) is 1. The Morgan fingerprint density at radius 3 is 2.47 bits per heavy atom. The molecule has 1 aromatic carbocycles. The number of benzene rings is 1. The molecule has 4 nitrogen and oxygen atoms in total. The average Bonchev–Trinajstić information content (AvgIpc) is 2.36. The van der Waals surface area contributed by atoms with Gasteiger partial charge < -0.3 is 10.1 Å². The van der Waals surface area contributed by atoms with E-state index in [9.17, 15) is 22.8 Å². The van der Waals surface area contributed by atoms with Gasteiger partial charge in [0, 0.05) is 24.3 Å². The highest BCUT2D eigenvalue weighted by molar-refractivity contribution is 5.83. The lowest BCUT2D eigenvalue weighted by molar-refractivity contribution is -0.134. The predicted octanol–water partition coefficient (Wildman–Crippen LogP) is 1.45. The minimum absolute atomic E-state index is 0.00763. The molecule has 0 spiro atoms. The molecule has 0 unspecified atom stereocenters. The molecule has 1 rings (SSSR count). The number of carbonyl (C=O) groups excluding carboxylic acids is 2. The third-order valence-corrected chi connectivity index (χ3v) is 2.21. The van der Waals surface area contributed by atoms with E-state index in [1.165, 1.54) is 0 Å². The largest absolute Gasteiger partial charge is 0.466 e. The summed E-state index contributed by atoms with van der Waals surface area (Å²) in [5.74, 6) is -4.29. The van der Waals surface area contributed by atoms with Gasteiger partial charge in [-0.2, -0.15) is 0 Å². The molecule has 0 fully saturated rings. The van der Waals surface area contributed by atoms with E-state index in [1.807, 2.05) is 0 Å². The van der Waals surface area contributed by atoms with E-state index in [1.54, 1.807) is 0 Å². The Balaban J connectivity index is 3.03. The van der Waals surface area contributed by atoms with Crippen LogP contribution < -0.4 is 5.32 Å². The molecule has 0 bridgehead atoms. The van der Waals surface area contributed by atoms with Crippen molar-refractivity contribution < 1.29 is 27.5 Å². The van der Waals surface area contributed by atoms with E-state index in [0.717, 1.165) is 13.2 Å². The third kappa shape index (κ3) is 4.13. The van der Waals surface area contributed by atoms with Gasteiger partial charge in [0.15, 0.2) is 11.6 Å². The van der Waals surface area contributed by atoms with Crippen molar-refractivity contribution in [2.24, 2.45) is 0 Å². The Kier molecular flexibility index (Phi) is 5.11. The Bertz CT molecular complexity index is 529. The van der Waals surface area contributed by atoms with Crippen LogP contribution in [0.1, 0.15) is 5.56 Å². The van der Waals surface area contributed by atoms with Crippen LogP contribution in [0.4, 0.5) is 13.2 Å². The number of halogens is 3. The van der Waals surface area contributed by atoms with Crippen molar-refractivity contribution in [3.05, 3.63) is 46.9 Å². The molecule has 0 aliphatic heterocycles. The lowest BCUT2D eigenvalue weighted by Crippen LogP contribution is -2.15. The van der Waals surface area contributed by atoms with Crippen LogP contribution in [0.5, 0.6) is 0 Å². The maximum atomic E-state index is 13.4. The lowest BCUT2D eigenvalue weighted by Gasteiger charge is -2.07. The van der Waals surface area contributed by atoms with Crippen LogP contribution in [0, 0.1) is 17.5 Å². The molecule has 0 atom stereocenters. The molecule has 0 aliphatic carbocycles. The second-order valence-corrected chi connectivity index (χ2v) is 3.49. The van der Waals surface area contributed by atoms with E-state index < -0.39 is 23.4 Å². The summed E-state index contributed by atoms with van der Waals surface area (Å²) >= 11 is 0. The summed E-state index contributed by atoms with van der Waals surface area (Å²) in [5.41, 5.74) is -0.213. The fourth-order valence-electron chi connectivity index (χ4n) is 1.33. The Labute approximate surface area is 106 Å². The summed E-state index contributed by atoms with van der Waals surface area (Å²) in [4.78, 5) is 21.4. The molecule has 1 aromatic rings. The van der Waals surface area contributed by atoms with E-state index >= 15 is 0 Å². The van der Waals surface area contributed by atoms with Crippen molar-refractivity contribution in [2.75, 3.05) is 7.11 Å². The summed E-state index contributed by atoms with van der Waals surface area (Å²) in [5, 5.41) is 2.15. The highest BCUT2D eigenvalue weighted by atomic mass is 19.2. The smallest absolute Gasteiger partial charge is 0.332 e. The first-order chi connectivity index (χ1) is 8.97. The summed E-state index contributed by atoms with van der Waals surface area (Å²) < 4.78 is 43.4. The van der Waals surface area contributed by atoms with Gasteiger partial charge in [0.25, 0.3) is 0 Å². The van der Waals surface area contributed by atoms with E-state index in [-0.39, 0.29) is 24.1 Å². The molecular formula is C12H10F3NO3. The summed E-state index contributed by atoms with van der Waals surface area (Å²) in [6.45, 7) is 0. The minimum Gasteiger partial charge on any atom is -0.466 e. The van der Waals surface area contributed by atoms with Crippen LogP contribution in [0.2, 0.25) is 0 Å². The zero-order valence-electron chi connectivity index (χ0n) is 9.88. The number of amides is 1. The fourth-order valence-corrected chi connectivity index (χ4v) is 1.33. The SMILES string of the molecule is COC(=O)/C=C(/Cc1cc(F)c(F)cc1F)NC=O. The first-order valence-electron chi connectivity index (χ1n) is 5.10. The van der Waals surface area contributed by atoms with Gasteiger partial charge in [-0.05, 0) is 11.6 Å². The number of nitrogens with one attached hydrogen (secondary N) is 1. The van der Waals surface area contributed by atoms with Crippen LogP contribution in [-0.4, -0.2) is 19.5 Å². The number of hydrogen-bond acceptors (Lipinski definition) is 3. The average molecular weight is 273 g/mol. The molecule has 0 saturated carbocycles. The quantitative estimate of drug-likeness (QED) is 0.382. The minimum atomic E-state index is -1.32. The lowest BCUT2D eigenvalue weighted by atomic mass is 10.1.